The van der Waals surface area contributed by atoms with Crippen LogP contribution in [0.15, 0.2) is 40.2 Å². The zero-order valence-corrected chi connectivity index (χ0v) is 14.3. The highest BCUT2D eigenvalue weighted by Gasteiger charge is 2.15. The Morgan fingerprint density at radius 2 is 2.15 bits per heavy atom. The van der Waals surface area contributed by atoms with Crippen molar-refractivity contribution in [3.8, 4) is 5.75 Å². The molecule has 0 fully saturated rings. The van der Waals surface area contributed by atoms with E-state index in [9.17, 15) is 0 Å². The van der Waals surface area contributed by atoms with Gasteiger partial charge in [-0.05, 0) is 65.0 Å². The van der Waals surface area contributed by atoms with Crippen LogP contribution in [-0.2, 0) is 0 Å². The Bertz CT molecular complexity index is 527. The predicted octanol–water partition coefficient (Wildman–Crippen LogP) is 5.00. The maximum Gasteiger partial charge on any atom is 0.133 e. The van der Waals surface area contributed by atoms with Gasteiger partial charge in [-0.25, -0.2) is 0 Å². The van der Waals surface area contributed by atoms with Crippen molar-refractivity contribution >= 4 is 27.3 Å². The minimum atomic E-state index is 0.252. The summed E-state index contributed by atoms with van der Waals surface area (Å²) < 4.78 is 6.59. The van der Waals surface area contributed by atoms with Crippen LogP contribution >= 0.6 is 27.3 Å². The van der Waals surface area contributed by atoms with Crippen LogP contribution in [0.1, 0.15) is 36.8 Å². The van der Waals surface area contributed by atoms with Crippen LogP contribution < -0.4 is 10.1 Å². The second kappa shape index (κ2) is 7.81. The number of rotatable bonds is 7. The van der Waals surface area contributed by atoms with Crippen molar-refractivity contribution in [1.29, 1.82) is 0 Å². The van der Waals surface area contributed by atoms with Crippen LogP contribution in [0.4, 0.5) is 0 Å². The van der Waals surface area contributed by atoms with Crippen LogP contribution in [0.2, 0.25) is 0 Å². The van der Waals surface area contributed by atoms with Crippen LogP contribution in [0.3, 0.4) is 0 Å². The van der Waals surface area contributed by atoms with Gasteiger partial charge in [0.2, 0.25) is 0 Å². The molecule has 1 aromatic heterocycles. The molecule has 0 aliphatic rings. The average Bonchev–Trinajstić information content (AvgIpc) is 2.96. The highest BCUT2D eigenvalue weighted by atomic mass is 79.9. The lowest BCUT2D eigenvalue weighted by Gasteiger charge is -2.19. The summed E-state index contributed by atoms with van der Waals surface area (Å²) in [5.74, 6) is 0.900. The van der Waals surface area contributed by atoms with Crippen molar-refractivity contribution in [1.82, 2.24) is 5.32 Å². The van der Waals surface area contributed by atoms with E-state index in [0.29, 0.717) is 6.61 Å². The molecule has 0 spiro atoms. The molecule has 2 aromatic rings. The van der Waals surface area contributed by atoms with Crippen molar-refractivity contribution in [3.05, 3.63) is 50.6 Å². The normalized spacial score (nSPS) is 12.3. The molecule has 1 atom stereocenters. The largest absolute Gasteiger partial charge is 0.493 e. The summed E-state index contributed by atoms with van der Waals surface area (Å²) in [5.41, 5.74) is 1.26. The molecular weight excluding hydrogens is 334 g/mol. The van der Waals surface area contributed by atoms with E-state index < -0.39 is 0 Å². The van der Waals surface area contributed by atoms with E-state index in [1.165, 1.54) is 10.4 Å². The van der Waals surface area contributed by atoms with Gasteiger partial charge in [-0.1, -0.05) is 19.1 Å². The third-order valence-electron chi connectivity index (χ3n) is 3.02. The molecule has 0 aliphatic heterocycles. The molecule has 108 valence electrons. The van der Waals surface area contributed by atoms with Gasteiger partial charge < -0.3 is 10.1 Å². The second-order valence-electron chi connectivity index (χ2n) is 4.53. The number of thiophene rings is 1. The molecule has 0 radical (unpaired) electrons. The Labute approximate surface area is 133 Å². The number of benzene rings is 1. The van der Waals surface area contributed by atoms with E-state index >= 15 is 0 Å². The molecule has 1 heterocycles. The summed E-state index contributed by atoms with van der Waals surface area (Å²) in [6.07, 6.45) is 1.13. The number of hydrogen-bond acceptors (Lipinski definition) is 3. The van der Waals surface area contributed by atoms with Gasteiger partial charge in [-0.3, -0.25) is 0 Å². The first kappa shape index (κ1) is 15.5. The molecule has 0 saturated carbocycles. The average molecular weight is 354 g/mol. The highest BCUT2D eigenvalue weighted by Crippen LogP contribution is 2.32. The van der Waals surface area contributed by atoms with Gasteiger partial charge in [0.25, 0.3) is 0 Å². The summed E-state index contributed by atoms with van der Waals surface area (Å²) >= 11 is 5.39. The number of nitrogens with one attached hydrogen (secondary N) is 1. The van der Waals surface area contributed by atoms with Gasteiger partial charge >= 0.3 is 0 Å². The Kier molecular flexibility index (Phi) is 6.07. The van der Waals surface area contributed by atoms with Gasteiger partial charge in [0, 0.05) is 4.88 Å². The third-order valence-corrected chi connectivity index (χ3v) is 4.57. The first-order valence-electron chi connectivity index (χ1n) is 6.95. The van der Waals surface area contributed by atoms with E-state index in [0.717, 1.165) is 23.2 Å². The van der Waals surface area contributed by atoms with Crippen molar-refractivity contribution in [2.24, 2.45) is 0 Å². The molecular formula is C16H20BrNOS. The van der Waals surface area contributed by atoms with Crippen LogP contribution in [0.5, 0.6) is 5.75 Å². The molecule has 1 aromatic carbocycles. The lowest BCUT2D eigenvalue weighted by molar-refractivity contribution is 0.338. The van der Waals surface area contributed by atoms with Gasteiger partial charge in [0.1, 0.15) is 5.75 Å². The molecule has 1 N–H and O–H groups in total. The molecule has 0 saturated heterocycles. The lowest BCUT2D eigenvalue weighted by Crippen LogP contribution is -2.22. The van der Waals surface area contributed by atoms with Gasteiger partial charge in [-0.15, -0.1) is 11.3 Å². The van der Waals surface area contributed by atoms with E-state index in [-0.39, 0.29) is 6.04 Å². The van der Waals surface area contributed by atoms with Crippen molar-refractivity contribution in [3.63, 3.8) is 0 Å². The lowest BCUT2D eigenvalue weighted by atomic mass is 10.0. The van der Waals surface area contributed by atoms with E-state index in [1.807, 2.05) is 13.0 Å². The fourth-order valence-electron chi connectivity index (χ4n) is 2.10. The zero-order chi connectivity index (χ0) is 14.4. The second-order valence-corrected chi connectivity index (χ2v) is 6.36. The van der Waals surface area contributed by atoms with E-state index in [2.05, 4.69) is 57.8 Å². The highest BCUT2D eigenvalue weighted by molar-refractivity contribution is 9.10. The molecule has 0 aliphatic carbocycles. The molecule has 2 nitrogen and oxygen atoms in total. The minimum Gasteiger partial charge on any atom is -0.493 e. The van der Waals surface area contributed by atoms with Gasteiger partial charge in [0.05, 0.1) is 17.1 Å². The third kappa shape index (κ3) is 3.84. The maximum atomic E-state index is 5.58. The molecule has 1 unspecified atom stereocenters. The standard InChI is InChI=1S/C16H20BrNOS/c1-3-9-18-16(15-6-5-10-20-15)12-7-8-14(19-4-2)13(17)11-12/h5-8,10-11,16,18H,3-4,9H2,1-2H3. The fraction of sp³-hybridized carbons (Fsp3) is 0.375. The number of hydrogen-bond donors (Lipinski definition) is 1. The topological polar surface area (TPSA) is 21.3 Å². The summed E-state index contributed by atoms with van der Waals surface area (Å²) in [7, 11) is 0. The molecule has 0 bridgehead atoms. The van der Waals surface area contributed by atoms with Crippen LogP contribution in [0.25, 0.3) is 0 Å². The molecule has 2 rings (SSSR count). The summed E-state index contributed by atoms with van der Waals surface area (Å²) in [6.45, 7) is 5.87. The van der Waals surface area contributed by atoms with E-state index in [4.69, 9.17) is 4.74 Å². The van der Waals surface area contributed by atoms with Crippen molar-refractivity contribution in [2.45, 2.75) is 26.3 Å². The summed E-state index contributed by atoms with van der Waals surface area (Å²) in [6, 6.07) is 10.9. The van der Waals surface area contributed by atoms with Gasteiger partial charge in [-0.2, -0.15) is 0 Å². The fourth-order valence-corrected chi connectivity index (χ4v) is 3.43. The maximum absolute atomic E-state index is 5.58. The monoisotopic (exact) mass is 353 g/mol. The van der Waals surface area contributed by atoms with Crippen molar-refractivity contribution in [2.75, 3.05) is 13.2 Å². The zero-order valence-electron chi connectivity index (χ0n) is 11.9. The first-order valence-corrected chi connectivity index (χ1v) is 8.62. The Morgan fingerprint density at radius 3 is 2.75 bits per heavy atom. The molecule has 20 heavy (non-hydrogen) atoms. The Hall–Kier alpha value is -0.840. The summed E-state index contributed by atoms with van der Waals surface area (Å²) in [5, 5.41) is 5.74. The smallest absolute Gasteiger partial charge is 0.133 e. The number of halogens is 1. The molecule has 4 heteroatoms. The molecule has 0 amide bonds. The predicted molar refractivity (Wildman–Crippen MR) is 89.8 cm³/mol. The first-order chi connectivity index (χ1) is 9.76. The Morgan fingerprint density at radius 1 is 1.30 bits per heavy atom. The minimum absolute atomic E-state index is 0.252. The Balaban J connectivity index is 2.26. The van der Waals surface area contributed by atoms with Gasteiger partial charge in [0.15, 0.2) is 0 Å². The summed E-state index contributed by atoms with van der Waals surface area (Å²) in [4.78, 5) is 1.34. The van der Waals surface area contributed by atoms with Crippen molar-refractivity contribution < 1.29 is 4.74 Å². The van der Waals surface area contributed by atoms with Crippen LogP contribution in [-0.4, -0.2) is 13.2 Å². The van der Waals surface area contributed by atoms with E-state index in [1.54, 1.807) is 11.3 Å². The van der Waals surface area contributed by atoms with Crippen LogP contribution in [0, 0.1) is 0 Å². The SMILES string of the molecule is CCCNC(c1ccc(OCC)c(Br)c1)c1cccs1. The number of ether oxygens (including phenoxy) is 1. The quantitative estimate of drug-likeness (QED) is 0.756.